The zero-order chi connectivity index (χ0) is 20.8. The number of carbonyl (C=O) groups is 1. The summed E-state index contributed by atoms with van der Waals surface area (Å²) in [5.74, 6) is 1.46. The number of ether oxygens (including phenoxy) is 2. The van der Waals surface area contributed by atoms with Crippen LogP contribution in [0.15, 0.2) is 66.7 Å². The molecule has 3 rings (SSSR count). The van der Waals surface area contributed by atoms with Gasteiger partial charge >= 0.3 is 0 Å². The molecule has 3 aromatic rings. The third-order valence-corrected chi connectivity index (χ3v) is 4.78. The standard InChI is InChI=1S/C24H26N2O3/c1-16-7-5-6-8-22(16)26-24(27)17(2)25-19-11-14-23(29-4)21(15-19)18-9-12-20(28-3)13-10-18/h5-15,17,25H,1-4H3,(H,26,27). The van der Waals surface area contributed by atoms with E-state index < -0.39 is 6.04 Å². The molecular formula is C24H26N2O3. The number of benzene rings is 3. The summed E-state index contributed by atoms with van der Waals surface area (Å²) >= 11 is 0. The van der Waals surface area contributed by atoms with Crippen molar-refractivity contribution >= 4 is 17.3 Å². The molecule has 5 nitrogen and oxygen atoms in total. The highest BCUT2D eigenvalue weighted by molar-refractivity contribution is 5.97. The average molecular weight is 390 g/mol. The van der Waals surface area contributed by atoms with E-state index in [1.165, 1.54) is 0 Å². The lowest BCUT2D eigenvalue weighted by Crippen LogP contribution is -2.32. The first-order valence-corrected chi connectivity index (χ1v) is 9.47. The van der Waals surface area contributed by atoms with E-state index in [4.69, 9.17) is 9.47 Å². The van der Waals surface area contributed by atoms with Gasteiger partial charge in [-0.1, -0.05) is 30.3 Å². The number of methoxy groups -OCH3 is 2. The third-order valence-electron chi connectivity index (χ3n) is 4.78. The zero-order valence-electron chi connectivity index (χ0n) is 17.2. The van der Waals surface area contributed by atoms with Crippen LogP contribution in [0.1, 0.15) is 12.5 Å². The second-order valence-electron chi connectivity index (χ2n) is 6.81. The minimum atomic E-state index is -0.410. The second kappa shape index (κ2) is 9.15. The maximum absolute atomic E-state index is 12.6. The van der Waals surface area contributed by atoms with Gasteiger partial charge in [0.05, 0.1) is 14.2 Å². The molecule has 0 saturated carbocycles. The third kappa shape index (κ3) is 4.88. The molecule has 0 aromatic heterocycles. The van der Waals surface area contributed by atoms with Crippen molar-refractivity contribution in [2.45, 2.75) is 19.9 Å². The lowest BCUT2D eigenvalue weighted by atomic mass is 10.0. The van der Waals surface area contributed by atoms with Crippen LogP contribution in [0.4, 0.5) is 11.4 Å². The number of aryl methyl sites for hydroxylation is 1. The molecule has 0 spiro atoms. The molecule has 150 valence electrons. The van der Waals surface area contributed by atoms with Gasteiger partial charge in [-0.3, -0.25) is 4.79 Å². The molecule has 29 heavy (non-hydrogen) atoms. The predicted octanol–water partition coefficient (Wildman–Crippen LogP) is 5.12. The number of rotatable bonds is 7. The number of carbonyl (C=O) groups excluding carboxylic acids is 1. The van der Waals surface area contributed by atoms with Crippen molar-refractivity contribution in [1.29, 1.82) is 0 Å². The van der Waals surface area contributed by atoms with Crippen LogP contribution in [0.2, 0.25) is 0 Å². The van der Waals surface area contributed by atoms with E-state index in [0.29, 0.717) is 0 Å². The predicted molar refractivity (Wildman–Crippen MR) is 118 cm³/mol. The van der Waals surface area contributed by atoms with E-state index in [2.05, 4.69) is 10.6 Å². The van der Waals surface area contributed by atoms with Crippen molar-refractivity contribution in [2.24, 2.45) is 0 Å². The minimum Gasteiger partial charge on any atom is -0.497 e. The molecule has 1 amide bonds. The Balaban J connectivity index is 1.78. The molecule has 0 fully saturated rings. The first-order chi connectivity index (χ1) is 14.0. The van der Waals surface area contributed by atoms with Crippen LogP contribution >= 0.6 is 0 Å². The normalized spacial score (nSPS) is 11.4. The van der Waals surface area contributed by atoms with E-state index in [-0.39, 0.29) is 5.91 Å². The summed E-state index contributed by atoms with van der Waals surface area (Å²) in [7, 11) is 3.29. The van der Waals surface area contributed by atoms with Gasteiger partial charge in [-0.2, -0.15) is 0 Å². The Bertz CT molecular complexity index is 984. The quantitative estimate of drug-likeness (QED) is 0.588. The zero-order valence-corrected chi connectivity index (χ0v) is 17.2. The molecule has 0 aliphatic rings. The van der Waals surface area contributed by atoms with Gasteiger partial charge in [-0.25, -0.2) is 0 Å². The number of anilines is 2. The Morgan fingerprint density at radius 2 is 1.66 bits per heavy atom. The van der Waals surface area contributed by atoms with E-state index in [1.54, 1.807) is 14.2 Å². The topological polar surface area (TPSA) is 59.6 Å². The molecule has 1 atom stereocenters. The van der Waals surface area contributed by atoms with Crippen molar-refractivity contribution in [3.8, 4) is 22.6 Å². The van der Waals surface area contributed by atoms with Gasteiger partial charge in [-0.05, 0) is 61.4 Å². The summed E-state index contributed by atoms with van der Waals surface area (Å²) in [5.41, 5.74) is 4.62. The van der Waals surface area contributed by atoms with Gasteiger partial charge in [0.25, 0.3) is 0 Å². The van der Waals surface area contributed by atoms with Crippen molar-refractivity contribution in [2.75, 3.05) is 24.9 Å². The minimum absolute atomic E-state index is 0.0962. The van der Waals surface area contributed by atoms with Crippen molar-refractivity contribution in [1.82, 2.24) is 0 Å². The first kappa shape index (κ1) is 20.3. The summed E-state index contributed by atoms with van der Waals surface area (Å²) < 4.78 is 10.8. The summed E-state index contributed by atoms with van der Waals surface area (Å²) in [4.78, 5) is 12.6. The number of para-hydroxylation sites is 1. The molecule has 2 N–H and O–H groups in total. The molecule has 0 aliphatic heterocycles. The molecule has 0 radical (unpaired) electrons. The largest absolute Gasteiger partial charge is 0.497 e. The van der Waals surface area contributed by atoms with E-state index in [0.717, 1.165) is 39.6 Å². The van der Waals surface area contributed by atoms with Crippen LogP contribution in [0.25, 0.3) is 11.1 Å². The van der Waals surface area contributed by atoms with Crippen LogP contribution in [-0.2, 0) is 4.79 Å². The second-order valence-corrected chi connectivity index (χ2v) is 6.81. The van der Waals surface area contributed by atoms with Gasteiger partial charge < -0.3 is 20.1 Å². The molecule has 1 unspecified atom stereocenters. The van der Waals surface area contributed by atoms with Crippen LogP contribution in [-0.4, -0.2) is 26.2 Å². The van der Waals surface area contributed by atoms with Crippen LogP contribution < -0.4 is 20.1 Å². The van der Waals surface area contributed by atoms with Crippen molar-refractivity contribution in [3.63, 3.8) is 0 Å². The molecule has 0 heterocycles. The smallest absolute Gasteiger partial charge is 0.246 e. The molecular weight excluding hydrogens is 364 g/mol. The molecule has 0 aliphatic carbocycles. The van der Waals surface area contributed by atoms with Crippen molar-refractivity contribution < 1.29 is 14.3 Å². The fourth-order valence-corrected chi connectivity index (χ4v) is 3.06. The maximum Gasteiger partial charge on any atom is 0.246 e. The Labute approximate surface area is 171 Å². The number of amides is 1. The average Bonchev–Trinajstić information content (AvgIpc) is 2.75. The van der Waals surface area contributed by atoms with Crippen LogP contribution in [0, 0.1) is 6.92 Å². The monoisotopic (exact) mass is 390 g/mol. The fourth-order valence-electron chi connectivity index (χ4n) is 3.06. The Morgan fingerprint density at radius 3 is 2.31 bits per heavy atom. The van der Waals surface area contributed by atoms with Gasteiger partial charge in [0.1, 0.15) is 17.5 Å². The Kier molecular flexibility index (Phi) is 6.39. The Morgan fingerprint density at radius 1 is 0.931 bits per heavy atom. The van der Waals surface area contributed by atoms with Gasteiger partial charge in [0.2, 0.25) is 5.91 Å². The summed E-state index contributed by atoms with van der Waals surface area (Å²) in [6, 6.07) is 20.9. The van der Waals surface area contributed by atoms with E-state index in [9.17, 15) is 4.79 Å². The number of nitrogens with one attached hydrogen (secondary N) is 2. The molecule has 0 saturated heterocycles. The van der Waals surface area contributed by atoms with Gasteiger partial charge in [0, 0.05) is 16.9 Å². The molecule has 3 aromatic carbocycles. The summed E-state index contributed by atoms with van der Waals surface area (Å²) in [6.07, 6.45) is 0. The highest BCUT2D eigenvalue weighted by Gasteiger charge is 2.15. The van der Waals surface area contributed by atoms with Gasteiger partial charge in [0.15, 0.2) is 0 Å². The number of hydrogen-bond acceptors (Lipinski definition) is 4. The summed E-state index contributed by atoms with van der Waals surface area (Å²) in [5, 5.41) is 6.24. The number of hydrogen-bond donors (Lipinski definition) is 2. The Hall–Kier alpha value is -3.47. The highest BCUT2D eigenvalue weighted by Crippen LogP contribution is 2.33. The first-order valence-electron chi connectivity index (χ1n) is 9.47. The molecule has 0 bridgehead atoms. The van der Waals surface area contributed by atoms with Gasteiger partial charge in [-0.15, -0.1) is 0 Å². The lowest BCUT2D eigenvalue weighted by Gasteiger charge is -2.18. The van der Waals surface area contributed by atoms with Crippen LogP contribution in [0.5, 0.6) is 11.5 Å². The van der Waals surface area contributed by atoms with E-state index >= 15 is 0 Å². The lowest BCUT2D eigenvalue weighted by molar-refractivity contribution is -0.116. The summed E-state index contributed by atoms with van der Waals surface area (Å²) in [6.45, 7) is 3.81. The SMILES string of the molecule is COc1ccc(-c2cc(NC(C)C(=O)Nc3ccccc3C)ccc2OC)cc1. The van der Waals surface area contributed by atoms with E-state index in [1.807, 2.05) is 80.6 Å². The maximum atomic E-state index is 12.6. The van der Waals surface area contributed by atoms with Crippen LogP contribution in [0.3, 0.4) is 0 Å². The van der Waals surface area contributed by atoms with Crippen molar-refractivity contribution in [3.05, 3.63) is 72.3 Å². The fraction of sp³-hybridized carbons (Fsp3) is 0.208. The highest BCUT2D eigenvalue weighted by atomic mass is 16.5. The molecule has 5 heteroatoms.